The molecule has 0 heterocycles. The molecule has 0 spiro atoms. The lowest BCUT2D eigenvalue weighted by molar-refractivity contribution is 0.155. The summed E-state index contributed by atoms with van der Waals surface area (Å²) in [7, 11) is 0. The lowest BCUT2D eigenvalue weighted by Gasteiger charge is -2.13. The first-order valence-corrected chi connectivity index (χ1v) is 6.29. The van der Waals surface area contributed by atoms with Gasteiger partial charge < -0.3 is 15.5 Å². The third kappa shape index (κ3) is 5.31. The minimum absolute atomic E-state index is 0.380. The van der Waals surface area contributed by atoms with E-state index in [-0.39, 0.29) is 6.10 Å². The van der Waals surface area contributed by atoms with E-state index >= 15 is 0 Å². The van der Waals surface area contributed by atoms with E-state index in [1.54, 1.807) is 6.92 Å². The Morgan fingerprint density at radius 3 is 2.29 bits per heavy atom. The molecule has 0 radical (unpaired) electrons. The van der Waals surface area contributed by atoms with Crippen LogP contribution in [0.25, 0.3) is 0 Å². The van der Waals surface area contributed by atoms with E-state index in [0.29, 0.717) is 13.1 Å². The van der Waals surface area contributed by atoms with E-state index in [4.69, 9.17) is 5.11 Å². The molecular formula is C14H23NO2. The van der Waals surface area contributed by atoms with Gasteiger partial charge in [0, 0.05) is 13.1 Å². The van der Waals surface area contributed by atoms with Crippen molar-refractivity contribution in [2.75, 3.05) is 13.1 Å². The predicted molar refractivity (Wildman–Crippen MR) is 69.9 cm³/mol. The third-order valence-electron chi connectivity index (χ3n) is 2.68. The molecule has 1 rings (SSSR count). The molecule has 3 N–H and O–H groups in total. The summed E-state index contributed by atoms with van der Waals surface area (Å²) < 4.78 is 0. The van der Waals surface area contributed by atoms with Crippen LogP contribution in [-0.4, -0.2) is 29.4 Å². The first-order valence-electron chi connectivity index (χ1n) is 6.29. The molecule has 1 aromatic carbocycles. The number of nitrogens with one attached hydrogen (secondary N) is 1. The minimum atomic E-state index is -0.510. The fourth-order valence-corrected chi connectivity index (χ4v) is 1.74. The van der Waals surface area contributed by atoms with E-state index < -0.39 is 6.10 Å². The van der Waals surface area contributed by atoms with Crippen LogP contribution in [0.4, 0.5) is 0 Å². The van der Waals surface area contributed by atoms with Crippen molar-refractivity contribution in [2.24, 2.45) is 0 Å². The van der Waals surface area contributed by atoms with Crippen molar-refractivity contribution in [3.05, 3.63) is 35.4 Å². The minimum Gasteiger partial charge on any atom is -0.392 e. The zero-order chi connectivity index (χ0) is 12.7. The summed E-state index contributed by atoms with van der Waals surface area (Å²) in [6.45, 7) is 4.85. The van der Waals surface area contributed by atoms with Gasteiger partial charge in [-0.05, 0) is 24.5 Å². The second-order valence-electron chi connectivity index (χ2n) is 4.51. The van der Waals surface area contributed by atoms with Crippen LogP contribution in [0.2, 0.25) is 0 Å². The number of hydrogen-bond acceptors (Lipinski definition) is 3. The molecule has 0 aliphatic carbocycles. The molecule has 3 nitrogen and oxygen atoms in total. The van der Waals surface area contributed by atoms with Crippen molar-refractivity contribution >= 4 is 0 Å². The van der Waals surface area contributed by atoms with Crippen LogP contribution >= 0.6 is 0 Å². The number of aryl methyl sites for hydroxylation is 1. The standard InChI is InChI=1S/C14H23NO2/c1-3-4-12-5-7-13(8-6-12)14(17)10-15-9-11(2)16/h5-8,11,14-17H,3-4,9-10H2,1-2H3. The van der Waals surface area contributed by atoms with Gasteiger partial charge in [-0.25, -0.2) is 0 Å². The molecular weight excluding hydrogens is 214 g/mol. The predicted octanol–water partition coefficient (Wildman–Crippen LogP) is 1.64. The summed E-state index contributed by atoms with van der Waals surface area (Å²) >= 11 is 0. The third-order valence-corrected chi connectivity index (χ3v) is 2.68. The Bertz CT molecular complexity index is 309. The van der Waals surface area contributed by atoms with Gasteiger partial charge in [-0.2, -0.15) is 0 Å². The summed E-state index contributed by atoms with van der Waals surface area (Å²) in [5.41, 5.74) is 2.23. The van der Waals surface area contributed by atoms with Crippen molar-refractivity contribution in [2.45, 2.75) is 38.9 Å². The van der Waals surface area contributed by atoms with Crippen molar-refractivity contribution in [3.63, 3.8) is 0 Å². The molecule has 96 valence electrons. The highest BCUT2D eigenvalue weighted by molar-refractivity contribution is 5.24. The quantitative estimate of drug-likeness (QED) is 0.676. The van der Waals surface area contributed by atoms with Crippen LogP contribution in [0.15, 0.2) is 24.3 Å². The maximum atomic E-state index is 9.91. The average Bonchev–Trinajstić information content (AvgIpc) is 2.30. The molecule has 17 heavy (non-hydrogen) atoms. The van der Waals surface area contributed by atoms with Crippen molar-refractivity contribution < 1.29 is 10.2 Å². The highest BCUT2D eigenvalue weighted by Crippen LogP contribution is 2.13. The molecule has 0 aliphatic rings. The van der Waals surface area contributed by atoms with Gasteiger partial charge in [0.15, 0.2) is 0 Å². The molecule has 0 aliphatic heterocycles. The highest BCUT2D eigenvalue weighted by Gasteiger charge is 2.07. The second-order valence-corrected chi connectivity index (χ2v) is 4.51. The molecule has 3 heteroatoms. The van der Waals surface area contributed by atoms with Gasteiger partial charge in [0.2, 0.25) is 0 Å². The average molecular weight is 237 g/mol. The molecule has 2 atom stereocenters. The first-order chi connectivity index (χ1) is 8.13. The lowest BCUT2D eigenvalue weighted by Crippen LogP contribution is -2.28. The summed E-state index contributed by atoms with van der Waals surface area (Å²) in [5.74, 6) is 0. The van der Waals surface area contributed by atoms with Gasteiger partial charge in [0.25, 0.3) is 0 Å². The van der Waals surface area contributed by atoms with Crippen molar-refractivity contribution in [3.8, 4) is 0 Å². The molecule has 0 amide bonds. The van der Waals surface area contributed by atoms with E-state index in [0.717, 1.165) is 18.4 Å². The number of hydrogen-bond donors (Lipinski definition) is 3. The van der Waals surface area contributed by atoms with E-state index in [1.807, 2.05) is 12.1 Å². The molecule has 0 saturated carbocycles. The Labute approximate surface area is 103 Å². The maximum Gasteiger partial charge on any atom is 0.0914 e. The van der Waals surface area contributed by atoms with Crippen molar-refractivity contribution in [1.82, 2.24) is 5.32 Å². The molecule has 0 saturated heterocycles. The first kappa shape index (κ1) is 14.2. The van der Waals surface area contributed by atoms with Gasteiger partial charge in [-0.3, -0.25) is 0 Å². The number of benzene rings is 1. The summed E-state index contributed by atoms with van der Waals surface area (Å²) in [6.07, 6.45) is 1.33. The van der Waals surface area contributed by atoms with Crippen LogP contribution in [0, 0.1) is 0 Å². The Morgan fingerprint density at radius 2 is 1.76 bits per heavy atom. The lowest BCUT2D eigenvalue weighted by atomic mass is 10.0. The number of rotatable bonds is 7. The Kier molecular flexibility index (Phi) is 6.19. The zero-order valence-electron chi connectivity index (χ0n) is 10.7. The molecule has 0 bridgehead atoms. The zero-order valence-corrected chi connectivity index (χ0v) is 10.7. The van der Waals surface area contributed by atoms with E-state index in [9.17, 15) is 5.11 Å². The molecule has 0 fully saturated rings. The fraction of sp³-hybridized carbons (Fsp3) is 0.571. The molecule has 2 unspecified atom stereocenters. The smallest absolute Gasteiger partial charge is 0.0914 e. The SMILES string of the molecule is CCCc1ccc(C(O)CNCC(C)O)cc1. The van der Waals surface area contributed by atoms with Crippen LogP contribution in [-0.2, 0) is 6.42 Å². The van der Waals surface area contributed by atoms with Gasteiger partial charge >= 0.3 is 0 Å². The summed E-state index contributed by atoms with van der Waals surface area (Å²) in [6, 6.07) is 8.08. The highest BCUT2D eigenvalue weighted by atomic mass is 16.3. The van der Waals surface area contributed by atoms with Crippen LogP contribution < -0.4 is 5.32 Å². The Hall–Kier alpha value is -0.900. The van der Waals surface area contributed by atoms with E-state index in [2.05, 4.69) is 24.4 Å². The molecule has 0 aromatic heterocycles. The van der Waals surface area contributed by atoms with E-state index in [1.165, 1.54) is 5.56 Å². The Morgan fingerprint density at radius 1 is 1.12 bits per heavy atom. The second kappa shape index (κ2) is 7.43. The van der Waals surface area contributed by atoms with Crippen LogP contribution in [0.5, 0.6) is 0 Å². The van der Waals surface area contributed by atoms with Gasteiger partial charge in [0.05, 0.1) is 12.2 Å². The number of aliphatic hydroxyl groups excluding tert-OH is 2. The van der Waals surface area contributed by atoms with Crippen LogP contribution in [0.3, 0.4) is 0 Å². The topological polar surface area (TPSA) is 52.5 Å². The van der Waals surface area contributed by atoms with Gasteiger partial charge in [-0.15, -0.1) is 0 Å². The van der Waals surface area contributed by atoms with Gasteiger partial charge in [-0.1, -0.05) is 37.6 Å². The van der Waals surface area contributed by atoms with Crippen LogP contribution in [0.1, 0.15) is 37.5 Å². The summed E-state index contributed by atoms with van der Waals surface area (Å²) in [4.78, 5) is 0. The normalized spacial score (nSPS) is 14.6. The fourth-order valence-electron chi connectivity index (χ4n) is 1.74. The summed E-state index contributed by atoms with van der Waals surface area (Å²) in [5, 5.41) is 22.0. The molecule has 1 aromatic rings. The Balaban J connectivity index is 2.43. The van der Waals surface area contributed by atoms with Crippen molar-refractivity contribution in [1.29, 1.82) is 0 Å². The monoisotopic (exact) mass is 237 g/mol. The largest absolute Gasteiger partial charge is 0.392 e. The maximum absolute atomic E-state index is 9.91. The van der Waals surface area contributed by atoms with Gasteiger partial charge in [0.1, 0.15) is 0 Å². The number of aliphatic hydroxyl groups is 2.